The normalized spacial score (nSPS) is 14.6. The zero-order valence-corrected chi connectivity index (χ0v) is 12.2. The summed E-state index contributed by atoms with van der Waals surface area (Å²) in [4.78, 5) is 0. The number of fused-ring (bicyclic) bond motifs is 1. The molecule has 0 saturated heterocycles. The zero-order chi connectivity index (χ0) is 12.3. The molecule has 0 amide bonds. The first-order chi connectivity index (χ1) is 8.20. The van der Waals surface area contributed by atoms with Gasteiger partial charge in [0.1, 0.15) is 5.75 Å². The molecule has 1 aromatic carbocycles. The highest BCUT2D eigenvalue weighted by molar-refractivity contribution is 9.10. The van der Waals surface area contributed by atoms with E-state index >= 15 is 0 Å². The van der Waals surface area contributed by atoms with Crippen molar-refractivity contribution in [2.75, 3.05) is 13.2 Å². The molecule has 17 heavy (non-hydrogen) atoms. The molecule has 1 heterocycles. The molecule has 0 spiro atoms. The molecule has 0 atom stereocenters. The molecular weight excluding hydrogens is 325 g/mol. The fourth-order valence-corrected chi connectivity index (χ4v) is 2.56. The summed E-state index contributed by atoms with van der Waals surface area (Å²) in [5.41, 5.74) is 3.78. The van der Waals surface area contributed by atoms with Crippen LogP contribution in [0.4, 0.5) is 0 Å². The Balaban J connectivity index is 2.06. The fraction of sp³-hybridized carbons (Fsp3) is 0.333. The molecule has 0 radical (unpaired) electrons. The quantitative estimate of drug-likeness (QED) is 0.903. The first-order valence-electron chi connectivity index (χ1n) is 5.30. The van der Waals surface area contributed by atoms with E-state index in [4.69, 9.17) is 27.9 Å². The third-order valence-corrected chi connectivity index (χ3v) is 3.63. The van der Waals surface area contributed by atoms with E-state index in [2.05, 4.69) is 33.4 Å². The molecule has 2 rings (SSSR count). The predicted octanol–water partition coefficient (Wildman–Crippen LogP) is 3.79. The van der Waals surface area contributed by atoms with Crippen molar-refractivity contribution in [2.24, 2.45) is 0 Å². The molecule has 1 aliphatic heterocycles. The number of rotatable bonds is 4. The van der Waals surface area contributed by atoms with E-state index in [0.717, 1.165) is 28.8 Å². The molecule has 1 N–H and O–H groups in total. The van der Waals surface area contributed by atoms with E-state index in [1.807, 2.05) is 0 Å². The van der Waals surface area contributed by atoms with Gasteiger partial charge in [0.05, 0.1) is 6.61 Å². The largest absolute Gasteiger partial charge is 0.493 e. The smallest absolute Gasteiger partial charge is 0.127 e. The molecule has 0 aromatic heterocycles. The Morgan fingerprint density at radius 3 is 3.12 bits per heavy atom. The Labute approximate surface area is 119 Å². The minimum Gasteiger partial charge on any atom is -0.493 e. The highest BCUT2D eigenvalue weighted by atomic mass is 79.9. The van der Waals surface area contributed by atoms with Crippen molar-refractivity contribution in [1.82, 2.24) is 5.32 Å². The lowest BCUT2D eigenvalue weighted by atomic mass is 10.1. The van der Waals surface area contributed by atoms with Crippen LogP contribution < -0.4 is 10.1 Å². The second-order valence-electron chi connectivity index (χ2n) is 3.81. The van der Waals surface area contributed by atoms with Gasteiger partial charge < -0.3 is 10.1 Å². The number of hydrogen-bond donors (Lipinski definition) is 1. The summed E-state index contributed by atoms with van der Waals surface area (Å²) >= 11 is 14.8. The Kier molecular flexibility index (Phi) is 4.74. The summed E-state index contributed by atoms with van der Waals surface area (Å²) in [6.07, 6.45) is 0.976. The van der Waals surface area contributed by atoms with E-state index in [1.54, 1.807) is 0 Å². The molecular formula is C12H12BrCl2NO. The third-order valence-electron chi connectivity index (χ3n) is 2.55. The van der Waals surface area contributed by atoms with Gasteiger partial charge in [-0.3, -0.25) is 0 Å². The molecule has 0 bridgehead atoms. The Morgan fingerprint density at radius 2 is 2.35 bits per heavy atom. The summed E-state index contributed by atoms with van der Waals surface area (Å²) in [7, 11) is 0. The van der Waals surface area contributed by atoms with Gasteiger partial charge in [0.2, 0.25) is 0 Å². The van der Waals surface area contributed by atoms with Crippen LogP contribution in [0.3, 0.4) is 0 Å². The van der Waals surface area contributed by atoms with E-state index in [9.17, 15) is 0 Å². The van der Waals surface area contributed by atoms with Crippen molar-refractivity contribution in [3.63, 3.8) is 0 Å². The van der Waals surface area contributed by atoms with Crippen molar-refractivity contribution in [1.29, 1.82) is 0 Å². The van der Waals surface area contributed by atoms with Gasteiger partial charge >= 0.3 is 0 Å². The van der Waals surface area contributed by atoms with Crippen LogP contribution in [-0.2, 0) is 13.0 Å². The number of halogens is 3. The Bertz CT molecular complexity index is 448. The van der Waals surface area contributed by atoms with E-state index < -0.39 is 0 Å². The van der Waals surface area contributed by atoms with Crippen LogP contribution in [-0.4, -0.2) is 13.2 Å². The van der Waals surface area contributed by atoms with Crippen molar-refractivity contribution in [3.8, 4) is 5.75 Å². The van der Waals surface area contributed by atoms with Gasteiger partial charge in [-0.05, 0) is 17.7 Å². The summed E-state index contributed by atoms with van der Waals surface area (Å²) in [6.45, 7) is 2.04. The molecule has 0 saturated carbocycles. The van der Waals surface area contributed by atoms with Crippen molar-refractivity contribution >= 4 is 39.1 Å². The van der Waals surface area contributed by atoms with Crippen molar-refractivity contribution < 1.29 is 4.74 Å². The predicted molar refractivity (Wildman–Crippen MR) is 74.8 cm³/mol. The molecule has 92 valence electrons. The zero-order valence-electron chi connectivity index (χ0n) is 9.10. The maximum atomic E-state index is 5.81. The molecule has 0 aliphatic carbocycles. The molecule has 0 unspecified atom stereocenters. The van der Waals surface area contributed by atoms with Gasteiger partial charge in [0.25, 0.3) is 0 Å². The number of hydrogen-bond acceptors (Lipinski definition) is 2. The topological polar surface area (TPSA) is 21.3 Å². The summed E-state index contributed by atoms with van der Waals surface area (Å²) < 4.78 is 6.71. The standard InChI is InChI=1S/C12H12BrCl2NO/c13-10-3-8-1-2-17-12(8)9(4-10)6-16-7-11(15)5-14/h3-5,16H,1-2,6-7H2/b11-5+. The van der Waals surface area contributed by atoms with Crippen LogP contribution in [0.25, 0.3) is 0 Å². The Morgan fingerprint density at radius 1 is 1.53 bits per heavy atom. The van der Waals surface area contributed by atoms with Crippen LogP contribution in [0.1, 0.15) is 11.1 Å². The minimum absolute atomic E-state index is 0.562. The lowest BCUT2D eigenvalue weighted by Crippen LogP contribution is -2.15. The lowest BCUT2D eigenvalue weighted by molar-refractivity contribution is 0.352. The first-order valence-corrected chi connectivity index (χ1v) is 6.91. The van der Waals surface area contributed by atoms with Crippen LogP contribution in [0.2, 0.25) is 0 Å². The van der Waals surface area contributed by atoms with Gasteiger partial charge in [-0.15, -0.1) is 0 Å². The maximum Gasteiger partial charge on any atom is 0.127 e. The third kappa shape index (κ3) is 3.38. The highest BCUT2D eigenvalue weighted by Gasteiger charge is 2.16. The van der Waals surface area contributed by atoms with E-state index in [0.29, 0.717) is 18.1 Å². The van der Waals surface area contributed by atoms with Gasteiger partial charge in [-0.2, -0.15) is 0 Å². The van der Waals surface area contributed by atoms with Crippen LogP contribution in [0, 0.1) is 0 Å². The number of ether oxygens (including phenoxy) is 1. The molecule has 0 fully saturated rings. The van der Waals surface area contributed by atoms with E-state index in [-0.39, 0.29) is 0 Å². The molecule has 2 nitrogen and oxygen atoms in total. The molecule has 1 aromatic rings. The summed E-state index contributed by atoms with van der Waals surface area (Å²) in [5.74, 6) is 1.01. The average molecular weight is 337 g/mol. The highest BCUT2D eigenvalue weighted by Crippen LogP contribution is 2.32. The van der Waals surface area contributed by atoms with Crippen molar-refractivity contribution in [2.45, 2.75) is 13.0 Å². The lowest BCUT2D eigenvalue weighted by Gasteiger charge is -2.10. The first kappa shape index (κ1) is 13.2. The van der Waals surface area contributed by atoms with Crippen LogP contribution in [0.15, 0.2) is 27.2 Å². The van der Waals surface area contributed by atoms with Gasteiger partial charge in [0.15, 0.2) is 0 Å². The molecule has 5 heteroatoms. The van der Waals surface area contributed by atoms with Crippen molar-refractivity contribution in [3.05, 3.63) is 38.3 Å². The minimum atomic E-state index is 0.562. The second-order valence-corrected chi connectivity index (χ2v) is 5.43. The monoisotopic (exact) mass is 335 g/mol. The second kappa shape index (κ2) is 6.10. The summed E-state index contributed by atoms with van der Waals surface area (Å²) in [6, 6.07) is 4.17. The molecule has 1 aliphatic rings. The Hall–Kier alpha value is -0.220. The van der Waals surface area contributed by atoms with Gasteiger partial charge in [-0.1, -0.05) is 39.1 Å². The average Bonchev–Trinajstić information content (AvgIpc) is 2.76. The van der Waals surface area contributed by atoms with E-state index in [1.165, 1.54) is 11.1 Å². The van der Waals surface area contributed by atoms with Gasteiger partial charge in [-0.25, -0.2) is 0 Å². The summed E-state index contributed by atoms with van der Waals surface area (Å²) in [5, 5.41) is 3.82. The van der Waals surface area contributed by atoms with Gasteiger partial charge in [0, 0.05) is 40.1 Å². The number of benzene rings is 1. The van der Waals surface area contributed by atoms with Crippen LogP contribution >= 0.6 is 39.1 Å². The maximum absolute atomic E-state index is 5.81. The van der Waals surface area contributed by atoms with Crippen LogP contribution in [0.5, 0.6) is 5.75 Å². The SMILES string of the molecule is Cl/C=C(/Cl)CNCc1cc(Br)cc2c1OCC2. The fourth-order valence-electron chi connectivity index (χ4n) is 1.83. The number of nitrogens with one attached hydrogen (secondary N) is 1.